The maximum Gasteiger partial charge on any atom is 0.332 e. The Morgan fingerprint density at radius 3 is 2.19 bits per heavy atom. The first kappa shape index (κ1) is 23.4. The molecule has 32 heavy (non-hydrogen) atoms. The maximum atomic E-state index is 13.1. The summed E-state index contributed by atoms with van der Waals surface area (Å²) in [4.78, 5) is 37.4. The van der Waals surface area contributed by atoms with Crippen molar-refractivity contribution in [3.05, 3.63) is 78.4 Å². The highest BCUT2D eigenvalue weighted by Gasteiger charge is 2.44. The lowest BCUT2D eigenvalue weighted by atomic mass is 9.81. The van der Waals surface area contributed by atoms with Gasteiger partial charge in [0.1, 0.15) is 5.75 Å². The average molecular weight is 437 g/mol. The smallest absolute Gasteiger partial charge is 0.332 e. The van der Waals surface area contributed by atoms with Crippen molar-refractivity contribution in [3.8, 4) is 5.75 Å². The molecule has 0 heterocycles. The molecule has 6 heteroatoms. The fourth-order valence-electron chi connectivity index (χ4n) is 4.24. The first-order valence-electron chi connectivity index (χ1n) is 10.7. The maximum absolute atomic E-state index is 13.1. The van der Waals surface area contributed by atoms with Crippen molar-refractivity contribution in [1.82, 2.24) is 0 Å². The Morgan fingerprint density at radius 2 is 1.59 bits per heavy atom. The first-order valence-corrected chi connectivity index (χ1v) is 10.7. The number of Topliss-reactive ketones (excluding diaryl/α,β-unsaturated/α-hetero) is 1. The van der Waals surface area contributed by atoms with Crippen LogP contribution in [0.4, 0.5) is 0 Å². The van der Waals surface area contributed by atoms with Crippen LogP contribution >= 0.6 is 0 Å². The summed E-state index contributed by atoms with van der Waals surface area (Å²) in [7, 11) is 0. The number of ketones is 2. The Morgan fingerprint density at radius 1 is 1.00 bits per heavy atom. The summed E-state index contributed by atoms with van der Waals surface area (Å²) in [6, 6.07) is 17.7. The van der Waals surface area contributed by atoms with Gasteiger partial charge in [-0.3, -0.25) is 9.59 Å². The van der Waals surface area contributed by atoms with Crippen molar-refractivity contribution in [3.63, 3.8) is 0 Å². The largest absolute Gasteiger partial charge is 0.480 e. The lowest BCUT2D eigenvalue weighted by Crippen LogP contribution is -2.37. The number of carbonyl (C=O) groups excluding carboxylic acids is 2. The van der Waals surface area contributed by atoms with Gasteiger partial charge < -0.3 is 14.9 Å². The summed E-state index contributed by atoms with van der Waals surface area (Å²) in [5, 5.41) is 19.6. The minimum atomic E-state index is -1.61. The van der Waals surface area contributed by atoms with Crippen LogP contribution in [0.3, 0.4) is 0 Å². The standard InChI is InChI=1S/C26H28O6/c1-26(2,32-18-11-7-4-8-12-18)22(27)16-15-19-20(13-14-21(19)24(29)25(30)31)23(28)17-9-5-3-6-10-17/h3-12,15-16,19-21,24,29H,13-14H2,1-2H3,(H,30,31)/t19-,20+,21-,24?/m1/s1. The van der Waals surface area contributed by atoms with Gasteiger partial charge in [0.15, 0.2) is 23.3 Å². The van der Waals surface area contributed by atoms with E-state index in [1.807, 2.05) is 24.3 Å². The number of allylic oxidation sites excluding steroid dienone is 1. The van der Waals surface area contributed by atoms with Crippen LogP contribution in [-0.2, 0) is 9.59 Å². The first-order chi connectivity index (χ1) is 15.2. The summed E-state index contributed by atoms with van der Waals surface area (Å²) >= 11 is 0. The van der Waals surface area contributed by atoms with E-state index in [1.165, 1.54) is 6.08 Å². The van der Waals surface area contributed by atoms with E-state index in [0.29, 0.717) is 24.2 Å². The number of carbonyl (C=O) groups is 3. The van der Waals surface area contributed by atoms with Gasteiger partial charge in [0, 0.05) is 17.4 Å². The van der Waals surface area contributed by atoms with Crippen LogP contribution in [0, 0.1) is 17.8 Å². The van der Waals surface area contributed by atoms with Crippen LogP contribution in [0.25, 0.3) is 0 Å². The third-order valence-electron chi connectivity index (χ3n) is 6.00. The number of aliphatic carboxylic acids is 1. The number of carboxylic acids is 1. The van der Waals surface area contributed by atoms with Gasteiger partial charge in [-0.1, -0.05) is 54.6 Å². The molecule has 0 aromatic heterocycles. The molecule has 1 aliphatic rings. The monoisotopic (exact) mass is 436 g/mol. The second-order valence-electron chi connectivity index (χ2n) is 8.59. The van der Waals surface area contributed by atoms with Crippen molar-refractivity contribution in [2.24, 2.45) is 17.8 Å². The molecule has 1 unspecified atom stereocenters. The Balaban J connectivity index is 1.83. The number of para-hydroxylation sites is 1. The number of carboxylic acid groups (broad SMARTS) is 1. The number of hydrogen-bond donors (Lipinski definition) is 2. The second-order valence-corrected chi connectivity index (χ2v) is 8.59. The highest BCUT2D eigenvalue weighted by atomic mass is 16.5. The molecule has 0 amide bonds. The Labute approximate surface area is 187 Å². The Bertz CT molecular complexity index is 980. The molecule has 1 fully saturated rings. The van der Waals surface area contributed by atoms with Crippen molar-refractivity contribution in [2.45, 2.75) is 38.4 Å². The SMILES string of the molecule is CC(C)(Oc1ccccc1)C(=O)C=C[C@@H]1[C@@H](C(=O)c2ccccc2)CC[C@H]1C(O)C(=O)O. The molecule has 2 aromatic carbocycles. The zero-order valence-corrected chi connectivity index (χ0v) is 18.2. The minimum absolute atomic E-state index is 0.118. The molecule has 1 aliphatic carbocycles. The van der Waals surface area contributed by atoms with Crippen LogP contribution in [0.5, 0.6) is 5.75 Å². The molecule has 3 rings (SSSR count). The van der Waals surface area contributed by atoms with E-state index in [2.05, 4.69) is 0 Å². The fraction of sp³-hybridized carbons (Fsp3) is 0.346. The molecular formula is C26H28O6. The predicted molar refractivity (Wildman–Crippen MR) is 119 cm³/mol. The molecule has 4 atom stereocenters. The second kappa shape index (κ2) is 9.92. The van der Waals surface area contributed by atoms with E-state index in [-0.39, 0.29) is 11.6 Å². The number of aliphatic hydroxyl groups is 1. The summed E-state index contributed by atoms with van der Waals surface area (Å²) in [6.07, 6.45) is 2.14. The van der Waals surface area contributed by atoms with Gasteiger partial charge in [-0.05, 0) is 50.8 Å². The summed E-state index contributed by atoms with van der Waals surface area (Å²) < 4.78 is 5.82. The van der Waals surface area contributed by atoms with Gasteiger partial charge in [0.05, 0.1) is 0 Å². The number of aliphatic hydroxyl groups excluding tert-OH is 1. The Kier molecular flexibility index (Phi) is 7.26. The number of ether oxygens (including phenoxy) is 1. The van der Waals surface area contributed by atoms with E-state index in [0.717, 1.165) is 0 Å². The van der Waals surface area contributed by atoms with Crippen molar-refractivity contribution >= 4 is 17.5 Å². The van der Waals surface area contributed by atoms with Crippen LogP contribution < -0.4 is 4.74 Å². The molecular weight excluding hydrogens is 408 g/mol. The minimum Gasteiger partial charge on any atom is -0.480 e. The van der Waals surface area contributed by atoms with Crippen LogP contribution in [0.15, 0.2) is 72.8 Å². The highest BCUT2D eigenvalue weighted by Crippen LogP contribution is 2.42. The average Bonchev–Trinajstić information content (AvgIpc) is 3.20. The molecule has 2 aromatic rings. The van der Waals surface area contributed by atoms with Crippen molar-refractivity contribution < 1.29 is 29.3 Å². The normalized spacial score (nSPS) is 21.9. The van der Waals surface area contributed by atoms with Crippen molar-refractivity contribution in [1.29, 1.82) is 0 Å². The van der Waals surface area contributed by atoms with Gasteiger partial charge in [-0.15, -0.1) is 0 Å². The molecule has 2 N–H and O–H groups in total. The quantitative estimate of drug-likeness (QED) is 0.456. The van der Waals surface area contributed by atoms with Gasteiger partial charge in [0.2, 0.25) is 0 Å². The molecule has 0 aliphatic heterocycles. The summed E-state index contributed by atoms with van der Waals surface area (Å²) in [5.41, 5.74) is -0.628. The molecule has 0 spiro atoms. The van der Waals surface area contributed by atoms with Crippen molar-refractivity contribution in [2.75, 3.05) is 0 Å². The third kappa shape index (κ3) is 5.32. The van der Waals surface area contributed by atoms with Gasteiger partial charge in [-0.25, -0.2) is 4.79 Å². The highest BCUT2D eigenvalue weighted by molar-refractivity contribution is 5.99. The molecule has 168 valence electrons. The summed E-state index contributed by atoms with van der Waals surface area (Å²) in [6.45, 7) is 3.30. The van der Waals surface area contributed by atoms with E-state index in [4.69, 9.17) is 4.74 Å². The van der Waals surface area contributed by atoms with Gasteiger partial charge in [-0.2, -0.15) is 0 Å². The number of benzene rings is 2. The molecule has 6 nitrogen and oxygen atoms in total. The molecule has 0 radical (unpaired) electrons. The van der Waals surface area contributed by atoms with Gasteiger partial charge in [0.25, 0.3) is 0 Å². The topological polar surface area (TPSA) is 101 Å². The van der Waals surface area contributed by atoms with E-state index < -0.39 is 35.4 Å². The van der Waals surface area contributed by atoms with E-state index >= 15 is 0 Å². The molecule has 0 bridgehead atoms. The zero-order chi connectivity index (χ0) is 23.3. The number of rotatable bonds is 9. The number of hydrogen-bond acceptors (Lipinski definition) is 5. The van der Waals surface area contributed by atoms with Crippen LogP contribution in [-0.4, -0.2) is 39.5 Å². The zero-order valence-electron chi connectivity index (χ0n) is 18.2. The van der Waals surface area contributed by atoms with E-state index in [9.17, 15) is 24.6 Å². The Hall–Kier alpha value is -3.25. The lowest BCUT2D eigenvalue weighted by Gasteiger charge is -2.25. The lowest BCUT2D eigenvalue weighted by molar-refractivity contribution is -0.150. The van der Waals surface area contributed by atoms with Crippen LogP contribution in [0.1, 0.15) is 37.0 Å². The summed E-state index contributed by atoms with van der Waals surface area (Å²) in [5.74, 6) is -2.97. The fourth-order valence-corrected chi connectivity index (χ4v) is 4.24. The predicted octanol–water partition coefficient (Wildman–Crippen LogP) is 3.94. The van der Waals surface area contributed by atoms with Gasteiger partial charge >= 0.3 is 5.97 Å². The molecule has 0 saturated heterocycles. The molecule has 1 saturated carbocycles. The third-order valence-corrected chi connectivity index (χ3v) is 6.00. The van der Waals surface area contributed by atoms with Crippen LogP contribution in [0.2, 0.25) is 0 Å². The van der Waals surface area contributed by atoms with E-state index in [1.54, 1.807) is 56.3 Å².